The van der Waals surface area contributed by atoms with Gasteiger partial charge in [-0.3, -0.25) is 0 Å². The minimum Gasteiger partial charge on any atom is -0.0654 e. The molecule has 0 nitrogen and oxygen atoms in total. The van der Waals surface area contributed by atoms with Crippen molar-refractivity contribution in [3.05, 3.63) is 0 Å². The normalized spacial score (nSPS) is 50.9. The molecule has 0 aliphatic heterocycles. The van der Waals surface area contributed by atoms with Crippen LogP contribution in [0.3, 0.4) is 0 Å². The van der Waals surface area contributed by atoms with Crippen LogP contribution in [0.1, 0.15) is 111 Å². The second-order valence-electron chi connectivity index (χ2n) is 10.9. The van der Waals surface area contributed by atoms with E-state index < -0.39 is 0 Å². The van der Waals surface area contributed by atoms with Crippen molar-refractivity contribution in [2.75, 3.05) is 0 Å². The molecule has 4 fully saturated rings. The number of hydrogen-bond acceptors (Lipinski definition) is 0. The Morgan fingerprint density at radius 2 is 1.71 bits per heavy atom. The Balaban J connectivity index is 1.45. The van der Waals surface area contributed by atoms with Crippen molar-refractivity contribution in [2.24, 2.45) is 40.4 Å². The van der Waals surface area contributed by atoms with Crippen LogP contribution < -0.4 is 0 Å². The molecule has 138 valence electrons. The molecular weight excluding hydrogens is 288 g/mol. The van der Waals surface area contributed by atoms with Gasteiger partial charge in [0.1, 0.15) is 0 Å². The van der Waals surface area contributed by atoms with E-state index in [0.29, 0.717) is 5.41 Å². The lowest BCUT2D eigenvalue weighted by Crippen LogP contribution is -2.52. The maximum absolute atomic E-state index is 2.74. The van der Waals surface area contributed by atoms with Crippen molar-refractivity contribution >= 4 is 0 Å². The van der Waals surface area contributed by atoms with E-state index in [0.717, 1.165) is 35.0 Å². The fourth-order valence-corrected chi connectivity index (χ4v) is 8.29. The molecule has 4 aliphatic carbocycles. The second-order valence-corrected chi connectivity index (χ2v) is 10.9. The zero-order valence-corrected chi connectivity index (χ0v) is 16.8. The first-order valence-electron chi connectivity index (χ1n) is 11.6. The number of hydrogen-bond donors (Lipinski definition) is 0. The zero-order valence-electron chi connectivity index (χ0n) is 16.8. The first-order chi connectivity index (χ1) is 11.6. The molecule has 0 N–H and O–H groups in total. The fraction of sp³-hybridized carbons (Fsp3) is 1.00. The second kappa shape index (κ2) is 6.62. The average molecular weight is 331 g/mol. The van der Waals surface area contributed by atoms with Crippen molar-refractivity contribution in [1.29, 1.82) is 0 Å². The average Bonchev–Trinajstić information content (AvgIpc) is 2.97. The molecule has 0 saturated heterocycles. The molecule has 0 bridgehead atoms. The molecule has 0 spiro atoms. The minimum atomic E-state index is 0.716. The quantitative estimate of drug-likeness (QED) is 0.465. The fourth-order valence-electron chi connectivity index (χ4n) is 8.29. The summed E-state index contributed by atoms with van der Waals surface area (Å²) in [5, 5.41) is 0. The predicted octanol–water partition coefficient (Wildman–Crippen LogP) is 7.62. The van der Waals surface area contributed by atoms with Crippen molar-refractivity contribution in [1.82, 2.24) is 0 Å². The maximum atomic E-state index is 2.74. The van der Waals surface area contributed by atoms with Gasteiger partial charge >= 0.3 is 0 Å². The molecule has 0 amide bonds. The Labute approximate surface area is 151 Å². The summed E-state index contributed by atoms with van der Waals surface area (Å²) >= 11 is 0. The van der Waals surface area contributed by atoms with Crippen LogP contribution in [0.25, 0.3) is 0 Å². The molecule has 0 radical (unpaired) electrons. The van der Waals surface area contributed by atoms with Crippen LogP contribution in [0.2, 0.25) is 0 Å². The van der Waals surface area contributed by atoms with E-state index in [1.807, 2.05) is 0 Å². The smallest absolute Gasteiger partial charge is 0.0266 e. The van der Waals surface area contributed by atoms with E-state index >= 15 is 0 Å². The molecule has 2 unspecified atom stereocenters. The SMILES string of the molecule is CCCCCC1CC[C@@]2(C)C(CC[C@H]3[C@@H]4CCC[C@@]4(C)CC[C@@H]32)C1. The van der Waals surface area contributed by atoms with E-state index in [2.05, 4.69) is 20.8 Å². The summed E-state index contributed by atoms with van der Waals surface area (Å²) in [5.41, 5.74) is 1.45. The molecular formula is C24H42. The lowest BCUT2D eigenvalue weighted by Gasteiger charge is -2.60. The summed E-state index contributed by atoms with van der Waals surface area (Å²) in [6.45, 7) is 7.74. The van der Waals surface area contributed by atoms with Crippen LogP contribution in [0, 0.1) is 40.4 Å². The van der Waals surface area contributed by atoms with Crippen LogP contribution >= 0.6 is 0 Å². The van der Waals surface area contributed by atoms with Gasteiger partial charge in [-0.2, -0.15) is 0 Å². The molecule has 24 heavy (non-hydrogen) atoms. The summed E-state index contributed by atoms with van der Waals surface area (Å²) in [5.74, 6) is 5.43. The Morgan fingerprint density at radius 3 is 2.54 bits per heavy atom. The molecule has 7 atom stereocenters. The molecule has 0 heteroatoms. The lowest BCUT2D eigenvalue weighted by atomic mass is 9.44. The van der Waals surface area contributed by atoms with Crippen molar-refractivity contribution < 1.29 is 0 Å². The topological polar surface area (TPSA) is 0 Å². The Kier molecular flexibility index (Phi) is 4.81. The molecule has 4 aliphatic rings. The van der Waals surface area contributed by atoms with E-state index in [1.165, 1.54) is 32.1 Å². The third kappa shape index (κ3) is 2.79. The van der Waals surface area contributed by atoms with Gasteiger partial charge < -0.3 is 0 Å². The highest BCUT2D eigenvalue weighted by atomic mass is 14.6. The van der Waals surface area contributed by atoms with Gasteiger partial charge in [-0.15, -0.1) is 0 Å². The van der Waals surface area contributed by atoms with Crippen molar-refractivity contribution in [3.8, 4) is 0 Å². The standard InChI is InChI=1S/C24H42/c1-4-5-6-8-18-12-16-24(3)19(17-18)10-11-20-21-9-7-14-23(21,2)15-13-22(20)24/h18-22H,4-17H2,1-3H3/t18?,19?,20-,21-,22-,23-,24-/m0/s1. The Bertz CT molecular complexity index is 439. The van der Waals surface area contributed by atoms with Gasteiger partial charge in [0.05, 0.1) is 0 Å². The predicted molar refractivity (Wildman–Crippen MR) is 104 cm³/mol. The monoisotopic (exact) mass is 330 g/mol. The van der Waals surface area contributed by atoms with Gasteiger partial charge in [0.25, 0.3) is 0 Å². The summed E-state index contributed by atoms with van der Waals surface area (Å²) in [6.07, 6.45) is 21.5. The summed E-state index contributed by atoms with van der Waals surface area (Å²) in [4.78, 5) is 0. The zero-order chi connectivity index (χ0) is 16.8. The Hall–Kier alpha value is 0. The van der Waals surface area contributed by atoms with Crippen molar-refractivity contribution in [3.63, 3.8) is 0 Å². The molecule has 0 heterocycles. The highest BCUT2D eigenvalue weighted by Gasteiger charge is 2.57. The highest BCUT2D eigenvalue weighted by Crippen LogP contribution is 2.66. The van der Waals surface area contributed by atoms with Crippen LogP contribution in [0.4, 0.5) is 0 Å². The summed E-state index contributed by atoms with van der Waals surface area (Å²) in [7, 11) is 0. The van der Waals surface area contributed by atoms with E-state index in [4.69, 9.17) is 0 Å². The van der Waals surface area contributed by atoms with Crippen LogP contribution in [-0.2, 0) is 0 Å². The minimum absolute atomic E-state index is 0.716. The molecule has 0 aromatic carbocycles. The third-order valence-electron chi connectivity index (χ3n) is 9.77. The van der Waals surface area contributed by atoms with Gasteiger partial charge in [0.2, 0.25) is 0 Å². The number of fused-ring (bicyclic) bond motifs is 5. The molecule has 0 aromatic heterocycles. The Morgan fingerprint density at radius 1 is 0.833 bits per heavy atom. The van der Waals surface area contributed by atoms with Crippen LogP contribution in [0.5, 0.6) is 0 Å². The van der Waals surface area contributed by atoms with E-state index in [9.17, 15) is 0 Å². The van der Waals surface area contributed by atoms with Gasteiger partial charge in [-0.1, -0.05) is 52.9 Å². The van der Waals surface area contributed by atoms with E-state index in [-0.39, 0.29) is 0 Å². The van der Waals surface area contributed by atoms with Crippen LogP contribution in [0.15, 0.2) is 0 Å². The summed E-state index contributed by atoms with van der Waals surface area (Å²) in [6, 6.07) is 0. The van der Waals surface area contributed by atoms with Gasteiger partial charge in [0.15, 0.2) is 0 Å². The van der Waals surface area contributed by atoms with Gasteiger partial charge in [-0.25, -0.2) is 0 Å². The molecule has 0 aromatic rings. The summed E-state index contributed by atoms with van der Waals surface area (Å²) < 4.78 is 0. The number of unbranched alkanes of at least 4 members (excludes halogenated alkanes) is 2. The maximum Gasteiger partial charge on any atom is -0.0266 e. The lowest BCUT2D eigenvalue weighted by molar-refractivity contribution is -0.111. The van der Waals surface area contributed by atoms with Gasteiger partial charge in [0, 0.05) is 0 Å². The van der Waals surface area contributed by atoms with Crippen LogP contribution in [-0.4, -0.2) is 0 Å². The first-order valence-corrected chi connectivity index (χ1v) is 11.6. The highest BCUT2D eigenvalue weighted by molar-refractivity contribution is 5.07. The molecule has 4 rings (SSSR count). The molecule has 4 saturated carbocycles. The van der Waals surface area contributed by atoms with Crippen molar-refractivity contribution in [2.45, 2.75) is 111 Å². The largest absolute Gasteiger partial charge is 0.0654 e. The van der Waals surface area contributed by atoms with Gasteiger partial charge in [-0.05, 0) is 98.2 Å². The van der Waals surface area contributed by atoms with E-state index in [1.54, 1.807) is 57.8 Å². The first kappa shape index (κ1) is 17.4. The number of rotatable bonds is 4. The third-order valence-corrected chi connectivity index (χ3v) is 9.77.